The summed E-state index contributed by atoms with van der Waals surface area (Å²) < 4.78 is 18.4. The number of para-hydroxylation sites is 1. The highest BCUT2D eigenvalue weighted by Crippen LogP contribution is 2.14. The zero-order valence-corrected chi connectivity index (χ0v) is 10.0. The Kier molecular flexibility index (Phi) is 5.20. The second kappa shape index (κ2) is 6.68. The van der Waals surface area contributed by atoms with Gasteiger partial charge in [0.25, 0.3) is 0 Å². The molecule has 0 radical (unpaired) electrons. The van der Waals surface area contributed by atoms with Crippen LogP contribution in [-0.2, 0) is 4.79 Å². The Hall–Kier alpha value is -1.84. The summed E-state index contributed by atoms with van der Waals surface area (Å²) >= 11 is 0. The fraction of sp³-hybridized carbons (Fsp3) is 0.308. The summed E-state index contributed by atoms with van der Waals surface area (Å²) in [5, 5.41) is 0. The summed E-state index contributed by atoms with van der Waals surface area (Å²) in [4.78, 5) is 12.9. The van der Waals surface area contributed by atoms with E-state index in [0.29, 0.717) is 6.54 Å². The molecule has 4 heteroatoms. The summed E-state index contributed by atoms with van der Waals surface area (Å²) in [7, 11) is 1.67. The average Bonchev–Trinajstić information content (AvgIpc) is 2.31. The number of hydrogen-bond acceptors (Lipinski definition) is 2. The zero-order valence-electron chi connectivity index (χ0n) is 10.0. The number of nitrogens with zero attached hydrogens (tertiary/aromatic N) is 1. The molecule has 0 aliphatic rings. The standard InChI is InChI=1S/C13H16FNO2/c1-3-6-13(16)15(2)9-10-17-12-8-5-4-7-11(12)14/h3-8H,9-10H2,1-2H3. The lowest BCUT2D eigenvalue weighted by atomic mass is 10.3. The lowest BCUT2D eigenvalue weighted by Gasteiger charge is -2.15. The van der Waals surface area contributed by atoms with Gasteiger partial charge in [0.1, 0.15) is 6.61 Å². The Bertz CT molecular complexity index is 404. The van der Waals surface area contributed by atoms with Crippen molar-refractivity contribution < 1.29 is 13.9 Å². The maximum absolute atomic E-state index is 13.2. The number of ether oxygens (including phenoxy) is 1. The van der Waals surface area contributed by atoms with Crippen molar-refractivity contribution in [1.29, 1.82) is 0 Å². The van der Waals surface area contributed by atoms with E-state index < -0.39 is 5.82 Å². The molecule has 1 rings (SSSR count). The molecule has 0 spiro atoms. The Morgan fingerprint density at radius 3 is 2.82 bits per heavy atom. The van der Waals surface area contributed by atoms with Crippen LogP contribution in [0, 0.1) is 5.82 Å². The lowest BCUT2D eigenvalue weighted by molar-refractivity contribution is -0.125. The number of allylic oxidation sites excluding steroid dienone is 1. The molecule has 1 aromatic rings. The van der Waals surface area contributed by atoms with Gasteiger partial charge in [-0.25, -0.2) is 4.39 Å². The Morgan fingerprint density at radius 2 is 2.18 bits per heavy atom. The van der Waals surface area contributed by atoms with Crippen LogP contribution in [0.2, 0.25) is 0 Å². The third kappa shape index (κ3) is 4.26. The van der Waals surface area contributed by atoms with Gasteiger partial charge in [-0.05, 0) is 25.1 Å². The van der Waals surface area contributed by atoms with E-state index >= 15 is 0 Å². The lowest BCUT2D eigenvalue weighted by Crippen LogP contribution is -2.29. The third-order valence-electron chi connectivity index (χ3n) is 2.21. The molecular formula is C13H16FNO2. The van der Waals surface area contributed by atoms with E-state index in [4.69, 9.17) is 4.74 Å². The number of likely N-dealkylation sites (N-methyl/N-ethyl adjacent to an activating group) is 1. The van der Waals surface area contributed by atoms with Crippen LogP contribution in [0.1, 0.15) is 6.92 Å². The van der Waals surface area contributed by atoms with Gasteiger partial charge in [-0.1, -0.05) is 18.2 Å². The van der Waals surface area contributed by atoms with Crippen LogP contribution in [0.5, 0.6) is 5.75 Å². The smallest absolute Gasteiger partial charge is 0.246 e. The van der Waals surface area contributed by atoms with Crippen LogP contribution in [0.15, 0.2) is 36.4 Å². The molecule has 0 aromatic heterocycles. The predicted octanol–water partition coefficient (Wildman–Crippen LogP) is 2.24. The average molecular weight is 237 g/mol. The van der Waals surface area contributed by atoms with Gasteiger partial charge in [-0.3, -0.25) is 4.79 Å². The van der Waals surface area contributed by atoms with Crippen molar-refractivity contribution in [3.63, 3.8) is 0 Å². The fourth-order valence-electron chi connectivity index (χ4n) is 1.23. The molecule has 0 aliphatic carbocycles. The summed E-state index contributed by atoms with van der Waals surface area (Å²) in [6.45, 7) is 2.46. The van der Waals surface area contributed by atoms with Crippen molar-refractivity contribution in [1.82, 2.24) is 4.90 Å². The molecule has 0 unspecified atom stereocenters. The Morgan fingerprint density at radius 1 is 1.47 bits per heavy atom. The SMILES string of the molecule is CC=CC(=O)N(C)CCOc1ccccc1F. The molecule has 0 bridgehead atoms. The summed E-state index contributed by atoms with van der Waals surface area (Å²) in [6.07, 6.45) is 3.15. The van der Waals surface area contributed by atoms with E-state index in [1.807, 2.05) is 0 Å². The summed E-state index contributed by atoms with van der Waals surface area (Å²) in [5.74, 6) is -0.279. The molecular weight excluding hydrogens is 221 g/mol. The second-order valence-electron chi connectivity index (χ2n) is 3.54. The van der Waals surface area contributed by atoms with Crippen molar-refractivity contribution in [2.24, 2.45) is 0 Å². The van der Waals surface area contributed by atoms with Gasteiger partial charge in [-0.15, -0.1) is 0 Å². The quantitative estimate of drug-likeness (QED) is 0.735. The third-order valence-corrected chi connectivity index (χ3v) is 2.21. The number of amides is 1. The largest absolute Gasteiger partial charge is 0.489 e. The van der Waals surface area contributed by atoms with Crippen molar-refractivity contribution in [3.05, 3.63) is 42.2 Å². The summed E-state index contributed by atoms with van der Waals surface area (Å²) in [5.41, 5.74) is 0. The molecule has 1 aromatic carbocycles. The van der Waals surface area contributed by atoms with E-state index in [1.165, 1.54) is 17.0 Å². The first kappa shape index (κ1) is 13.2. The molecule has 0 heterocycles. The first-order valence-electron chi connectivity index (χ1n) is 5.40. The van der Waals surface area contributed by atoms with Gasteiger partial charge >= 0.3 is 0 Å². The molecule has 0 atom stereocenters. The first-order chi connectivity index (χ1) is 8.15. The Labute approximate surface area is 100 Å². The predicted molar refractivity (Wildman–Crippen MR) is 64.3 cm³/mol. The summed E-state index contributed by atoms with van der Waals surface area (Å²) in [6, 6.07) is 6.20. The number of benzene rings is 1. The van der Waals surface area contributed by atoms with Gasteiger partial charge < -0.3 is 9.64 Å². The number of hydrogen-bond donors (Lipinski definition) is 0. The van der Waals surface area contributed by atoms with Gasteiger partial charge in [0, 0.05) is 7.05 Å². The number of halogens is 1. The fourth-order valence-corrected chi connectivity index (χ4v) is 1.23. The van der Waals surface area contributed by atoms with Crippen molar-refractivity contribution in [3.8, 4) is 5.75 Å². The number of rotatable bonds is 5. The molecule has 0 N–H and O–H groups in total. The van der Waals surface area contributed by atoms with Gasteiger partial charge in [0.2, 0.25) is 5.91 Å². The molecule has 17 heavy (non-hydrogen) atoms. The van der Waals surface area contributed by atoms with Crippen LogP contribution in [-0.4, -0.2) is 31.0 Å². The zero-order chi connectivity index (χ0) is 12.7. The van der Waals surface area contributed by atoms with Crippen molar-refractivity contribution in [2.75, 3.05) is 20.2 Å². The highest BCUT2D eigenvalue weighted by molar-refractivity contribution is 5.87. The van der Waals surface area contributed by atoms with E-state index in [2.05, 4.69) is 0 Å². The molecule has 3 nitrogen and oxygen atoms in total. The molecule has 0 saturated heterocycles. The van der Waals surface area contributed by atoms with Crippen LogP contribution in [0.4, 0.5) is 4.39 Å². The minimum atomic E-state index is -0.394. The number of carbonyl (C=O) groups is 1. The van der Waals surface area contributed by atoms with E-state index in [9.17, 15) is 9.18 Å². The second-order valence-corrected chi connectivity index (χ2v) is 3.54. The topological polar surface area (TPSA) is 29.5 Å². The van der Waals surface area contributed by atoms with E-state index in [-0.39, 0.29) is 18.3 Å². The minimum absolute atomic E-state index is 0.0929. The minimum Gasteiger partial charge on any atom is -0.489 e. The normalized spacial score (nSPS) is 10.5. The van der Waals surface area contributed by atoms with E-state index in [0.717, 1.165) is 0 Å². The highest BCUT2D eigenvalue weighted by Gasteiger charge is 2.05. The molecule has 1 amide bonds. The van der Waals surface area contributed by atoms with Crippen LogP contribution < -0.4 is 4.74 Å². The molecule has 92 valence electrons. The Balaban J connectivity index is 2.38. The maximum atomic E-state index is 13.2. The van der Waals surface area contributed by atoms with Crippen LogP contribution in [0.3, 0.4) is 0 Å². The molecule has 0 saturated carbocycles. The highest BCUT2D eigenvalue weighted by atomic mass is 19.1. The molecule has 0 aliphatic heterocycles. The van der Waals surface area contributed by atoms with E-state index in [1.54, 1.807) is 38.2 Å². The maximum Gasteiger partial charge on any atom is 0.246 e. The van der Waals surface area contributed by atoms with Gasteiger partial charge in [0.15, 0.2) is 11.6 Å². The van der Waals surface area contributed by atoms with Crippen LogP contribution >= 0.6 is 0 Å². The molecule has 0 fully saturated rings. The first-order valence-corrected chi connectivity index (χ1v) is 5.40. The van der Waals surface area contributed by atoms with Crippen molar-refractivity contribution >= 4 is 5.91 Å². The van der Waals surface area contributed by atoms with Gasteiger partial charge in [-0.2, -0.15) is 0 Å². The number of carbonyl (C=O) groups excluding carboxylic acids is 1. The van der Waals surface area contributed by atoms with Gasteiger partial charge in [0.05, 0.1) is 6.54 Å². The van der Waals surface area contributed by atoms with Crippen LogP contribution in [0.25, 0.3) is 0 Å². The monoisotopic (exact) mass is 237 g/mol. The van der Waals surface area contributed by atoms with Crippen molar-refractivity contribution in [2.45, 2.75) is 6.92 Å².